The summed E-state index contributed by atoms with van der Waals surface area (Å²) in [4.78, 5) is 12.1. The first-order valence-corrected chi connectivity index (χ1v) is 7.13. The van der Waals surface area contributed by atoms with Crippen LogP contribution >= 0.6 is 23.1 Å². The summed E-state index contributed by atoms with van der Waals surface area (Å²) < 4.78 is 3.01. The fourth-order valence-corrected chi connectivity index (χ4v) is 3.45. The van der Waals surface area contributed by atoms with Crippen molar-refractivity contribution in [3.63, 3.8) is 0 Å². The number of thiophene rings is 1. The molecule has 0 saturated heterocycles. The summed E-state index contributed by atoms with van der Waals surface area (Å²) >= 11 is 3.06. The van der Waals surface area contributed by atoms with Crippen LogP contribution in [0.5, 0.6) is 0 Å². The molecule has 2 aromatic heterocycles. The van der Waals surface area contributed by atoms with Crippen molar-refractivity contribution in [3.8, 4) is 5.69 Å². The molecule has 0 bridgehead atoms. The van der Waals surface area contributed by atoms with E-state index in [9.17, 15) is 4.79 Å². The van der Waals surface area contributed by atoms with Crippen LogP contribution in [0, 0.1) is 0 Å². The predicted octanol–water partition coefficient (Wildman–Crippen LogP) is 2.53. The Kier molecular flexibility index (Phi) is 3.49. The first kappa shape index (κ1) is 12.1. The lowest BCUT2D eigenvalue weighted by molar-refractivity contribution is -0.596. The van der Waals surface area contributed by atoms with E-state index in [2.05, 4.69) is 0 Å². The highest BCUT2D eigenvalue weighted by Gasteiger charge is 2.25. The van der Waals surface area contributed by atoms with Crippen LogP contribution in [0.25, 0.3) is 5.69 Å². The van der Waals surface area contributed by atoms with E-state index in [0.717, 1.165) is 9.90 Å². The molecule has 0 amide bonds. The third-order valence-corrected chi connectivity index (χ3v) is 4.77. The molecule has 0 atom stereocenters. The highest BCUT2D eigenvalue weighted by molar-refractivity contribution is 8.00. The molecule has 2 rings (SSSR count). The molecule has 88 valence electrons. The van der Waals surface area contributed by atoms with Crippen LogP contribution in [0.2, 0.25) is 0 Å². The van der Waals surface area contributed by atoms with E-state index in [1.54, 1.807) is 18.7 Å². The summed E-state index contributed by atoms with van der Waals surface area (Å²) in [7, 11) is 0. The number of nitrogens with zero attached hydrogens (tertiary/aromatic N) is 1. The molecular formula is C12H13N2OS2+. The molecule has 0 fully saturated rings. The Morgan fingerprint density at radius 2 is 2.00 bits per heavy atom. The van der Waals surface area contributed by atoms with Crippen molar-refractivity contribution in [1.29, 1.82) is 0 Å². The highest BCUT2D eigenvalue weighted by atomic mass is 32.2. The van der Waals surface area contributed by atoms with Gasteiger partial charge in [0.2, 0.25) is 0 Å². The standard InChI is InChI=1S/C12H12N2OS2/c1-8(15)11-9(13)10(12(16-2)17-11)14-6-4-3-5-7-14/h3-7H,1-2H3,(H-,13,15)/p+1. The number of carbonyl (C=O) groups excluding carboxylic acids is 1. The second kappa shape index (κ2) is 4.89. The highest BCUT2D eigenvalue weighted by Crippen LogP contribution is 2.37. The quantitative estimate of drug-likeness (QED) is 0.527. The second-order valence-corrected chi connectivity index (χ2v) is 5.62. The van der Waals surface area contributed by atoms with E-state index >= 15 is 0 Å². The number of Topliss-reactive ketones (excluding diaryl/α,β-unsaturated/α-hetero) is 1. The lowest BCUT2D eigenvalue weighted by atomic mass is 10.3. The molecule has 0 aliphatic carbocycles. The van der Waals surface area contributed by atoms with E-state index in [1.165, 1.54) is 11.3 Å². The van der Waals surface area contributed by atoms with E-state index in [-0.39, 0.29) is 5.78 Å². The van der Waals surface area contributed by atoms with Crippen molar-refractivity contribution in [2.24, 2.45) is 0 Å². The van der Waals surface area contributed by atoms with Gasteiger partial charge >= 0.3 is 0 Å². The number of anilines is 1. The van der Waals surface area contributed by atoms with Crippen molar-refractivity contribution in [2.45, 2.75) is 11.1 Å². The van der Waals surface area contributed by atoms with Gasteiger partial charge in [0.05, 0.1) is 0 Å². The van der Waals surface area contributed by atoms with Crippen molar-refractivity contribution >= 4 is 34.6 Å². The average Bonchev–Trinajstić information content (AvgIpc) is 2.67. The molecule has 2 aromatic rings. The van der Waals surface area contributed by atoms with Gasteiger partial charge in [-0.25, -0.2) is 0 Å². The Bertz CT molecular complexity index is 549. The molecule has 3 nitrogen and oxygen atoms in total. The van der Waals surface area contributed by atoms with Crippen LogP contribution in [0.1, 0.15) is 16.6 Å². The largest absolute Gasteiger partial charge is 0.392 e. The lowest BCUT2D eigenvalue weighted by Gasteiger charge is -1.96. The Hall–Kier alpha value is -1.33. The molecule has 0 aliphatic rings. The van der Waals surface area contributed by atoms with Crippen LogP contribution in [0.3, 0.4) is 0 Å². The molecule has 5 heteroatoms. The van der Waals surface area contributed by atoms with Crippen molar-refractivity contribution in [3.05, 3.63) is 35.5 Å². The Morgan fingerprint density at radius 1 is 1.35 bits per heavy atom. The number of pyridine rings is 1. The zero-order valence-electron chi connectivity index (χ0n) is 9.64. The number of hydrogen-bond donors (Lipinski definition) is 1. The fourth-order valence-electron chi connectivity index (χ4n) is 1.61. The predicted molar refractivity (Wildman–Crippen MR) is 72.0 cm³/mol. The number of aromatic nitrogens is 1. The zero-order valence-corrected chi connectivity index (χ0v) is 11.3. The van der Waals surface area contributed by atoms with E-state index in [4.69, 9.17) is 5.73 Å². The van der Waals surface area contributed by atoms with Gasteiger partial charge in [-0.2, -0.15) is 4.57 Å². The molecule has 2 heterocycles. The van der Waals surface area contributed by atoms with E-state index in [1.807, 2.05) is 41.4 Å². The van der Waals surface area contributed by atoms with Crippen molar-refractivity contribution < 1.29 is 9.36 Å². The average molecular weight is 265 g/mol. The maximum Gasteiger partial charge on any atom is 0.259 e. The number of hydrogen-bond acceptors (Lipinski definition) is 4. The zero-order chi connectivity index (χ0) is 12.4. The number of rotatable bonds is 3. The van der Waals surface area contributed by atoms with E-state index in [0.29, 0.717) is 10.6 Å². The number of carbonyl (C=O) groups is 1. The van der Waals surface area contributed by atoms with Gasteiger partial charge in [0.1, 0.15) is 14.8 Å². The van der Waals surface area contributed by atoms with Gasteiger partial charge < -0.3 is 5.73 Å². The summed E-state index contributed by atoms with van der Waals surface area (Å²) in [6.07, 6.45) is 5.85. The topological polar surface area (TPSA) is 47.0 Å². The third kappa shape index (κ3) is 2.21. The van der Waals surface area contributed by atoms with Gasteiger partial charge in [-0.05, 0) is 6.26 Å². The number of nitrogens with two attached hydrogens (primary N) is 1. The third-order valence-electron chi connectivity index (χ3n) is 2.37. The van der Waals surface area contributed by atoms with E-state index < -0.39 is 0 Å². The van der Waals surface area contributed by atoms with Gasteiger partial charge in [0.15, 0.2) is 18.2 Å². The van der Waals surface area contributed by atoms with Crippen LogP contribution in [0.4, 0.5) is 5.69 Å². The number of nitrogen functional groups attached to an aromatic ring is 1. The van der Waals surface area contributed by atoms with Crippen LogP contribution in [-0.2, 0) is 0 Å². The van der Waals surface area contributed by atoms with Crippen molar-refractivity contribution in [1.82, 2.24) is 0 Å². The first-order valence-electron chi connectivity index (χ1n) is 5.09. The Labute approximate surface area is 108 Å². The van der Waals surface area contributed by atoms with Gasteiger partial charge in [-0.1, -0.05) is 6.07 Å². The molecule has 0 radical (unpaired) electrons. The normalized spacial score (nSPS) is 10.5. The monoisotopic (exact) mass is 265 g/mol. The minimum Gasteiger partial charge on any atom is -0.392 e. The molecular weight excluding hydrogens is 252 g/mol. The van der Waals surface area contributed by atoms with Gasteiger partial charge in [0, 0.05) is 19.1 Å². The Balaban J connectivity index is 2.64. The van der Waals surface area contributed by atoms with Crippen LogP contribution in [-0.4, -0.2) is 12.0 Å². The van der Waals surface area contributed by atoms with Crippen molar-refractivity contribution in [2.75, 3.05) is 12.0 Å². The van der Waals surface area contributed by atoms with Crippen LogP contribution in [0.15, 0.2) is 34.8 Å². The first-order chi connectivity index (χ1) is 8.15. The fraction of sp³-hybridized carbons (Fsp3) is 0.167. The van der Waals surface area contributed by atoms with Gasteiger partial charge in [-0.15, -0.1) is 23.1 Å². The molecule has 0 aromatic carbocycles. The molecule has 2 N–H and O–H groups in total. The molecule has 0 spiro atoms. The number of thioether (sulfide) groups is 1. The summed E-state index contributed by atoms with van der Waals surface area (Å²) in [5.74, 6) is 0.0191. The maximum absolute atomic E-state index is 11.5. The molecule has 0 unspecified atom stereocenters. The maximum atomic E-state index is 11.5. The summed E-state index contributed by atoms with van der Waals surface area (Å²) in [6, 6.07) is 5.83. The summed E-state index contributed by atoms with van der Waals surface area (Å²) in [5.41, 5.74) is 7.55. The molecule has 0 saturated carbocycles. The van der Waals surface area contributed by atoms with Gasteiger partial charge in [-0.3, -0.25) is 4.79 Å². The minimum atomic E-state index is 0.0191. The molecule has 0 aliphatic heterocycles. The van der Waals surface area contributed by atoms with Crippen LogP contribution < -0.4 is 10.3 Å². The number of ketones is 1. The Morgan fingerprint density at radius 3 is 2.53 bits per heavy atom. The summed E-state index contributed by atoms with van der Waals surface area (Å²) in [5, 5.41) is 0. The minimum absolute atomic E-state index is 0.0191. The lowest BCUT2D eigenvalue weighted by Crippen LogP contribution is -2.30. The smallest absolute Gasteiger partial charge is 0.259 e. The van der Waals surface area contributed by atoms with Gasteiger partial charge in [0.25, 0.3) is 5.69 Å². The molecule has 17 heavy (non-hydrogen) atoms. The second-order valence-electron chi connectivity index (χ2n) is 3.52. The summed E-state index contributed by atoms with van der Waals surface area (Å²) in [6.45, 7) is 1.55. The SMILES string of the molecule is CSc1sc(C(C)=O)c(N)c1-[n+]1ccccc1.